The van der Waals surface area contributed by atoms with Crippen molar-refractivity contribution in [1.82, 2.24) is 15.1 Å². The van der Waals surface area contributed by atoms with E-state index < -0.39 is 0 Å². The smallest absolute Gasteiger partial charge is 0.276 e. The lowest BCUT2D eigenvalue weighted by Gasteiger charge is -2.13. The molecule has 0 aliphatic carbocycles. The Labute approximate surface area is 138 Å². The third-order valence-electron chi connectivity index (χ3n) is 3.99. The minimum Gasteiger partial charge on any atom is -0.348 e. The van der Waals surface area contributed by atoms with E-state index in [1.807, 2.05) is 36.9 Å². The number of aromatic nitrogens is 2. The Hall–Kier alpha value is -2.28. The van der Waals surface area contributed by atoms with Gasteiger partial charge in [0.2, 0.25) is 0 Å². The SMILES string of the molecule is Cc1cc(C(=O)Nc2cccc(C3CN4CCSC4=N3)c2)n[nH]1. The molecule has 118 valence electrons. The predicted molar refractivity (Wildman–Crippen MR) is 91.9 cm³/mol. The minimum absolute atomic E-state index is 0.155. The van der Waals surface area contributed by atoms with Gasteiger partial charge in [0.15, 0.2) is 10.9 Å². The number of aryl methyl sites for hydroxylation is 1. The van der Waals surface area contributed by atoms with Crippen LogP contribution in [0.2, 0.25) is 0 Å². The van der Waals surface area contributed by atoms with Crippen LogP contribution < -0.4 is 5.32 Å². The van der Waals surface area contributed by atoms with E-state index in [9.17, 15) is 4.79 Å². The Balaban J connectivity index is 1.51. The number of nitrogens with one attached hydrogen (secondary N) is 2. The second-order valence-corrected chi connectivity index (χ2v) is 6.80. The van der Waals surface area contributed by atoms with Crippen LogP contribution >= 0.6 is 11.8 Å². The highest BCUT2D eigenvalue weighted by atomic mass is 32.2. The molecule has 1 saturated heterocycles. The molecule has 1 amide bonds. The van der Waals surface area contributed by atoms with Crippen LogP contribution in [-0.2, 0) is 0 Å². The number of fused-ring (bicyclic) bond motifs is 1. The number of H-pyrrole nitrogens is 1. The van der Waals surface area contributed by atoms with Gasteiger partial charge in [-0.1, -0.05) is 23.9 Å². The summed E-state index contributed by atoms with van der Waals surface area (Å²) >= 11 is 1.82. The Morgan fingerprint density at radius 3 is 3.13 bits per heavy atom. The molecule has 23 heavy (non-hydrogen) atoms. The largest absolute Gasteiger partial charge is 0.348 e. The fourth-order valence-electron chi connectivity index (χ4n) is 2.84. The molecule has 1 atom stereocenters. The molecule has 1 aromatic carbocycles. The third-order valence-corrected chi connectivity index (χ3v) is 5.00. The first-order valence-electron chi connectivity index (χ1n) is 7.58. The Morgan fingerprint density at radius 1 is 1.43 bits per heavy atom. The van der Waals surface area contributed by atoms with Gasteiger partial charge in [0, 0.05) is 30.2 Å². The maximum Gasteiger partial charge on any atom is 0.276 e. The molecular formula is C16H17N5OS. The number of benzene rings is 1. The van der Waals surface area contributed by atoms with E-state index in [1.165, 1.54) is 0 Å². The number of amidine groups is 1. The van der Waals surface area contributed by atoms with Gasteiger partial charge in [0.05, 0.1) is 6.04 Å². The van der Waals surface area contributed by atoms with Crippen LogP contribution in [0.25, 0.3) is 0 Å². The first-order chi connectivity index (χ1) is 11.2. The summed E-state index contributed by atoms with van der Waals surface area (Å²) in [5.41, 5.74) is 3.16. The monoisotopic (exact) mass is 327 g/mol. The molecule has 1 fully saturated rings. The van der Waals surface area contributed by atoms with E-state index in [-0.39, 0.29) is 11.9 Å². The number of carbonyl (C=O) groups excluding carboxylic acids is 1. The summed E-state index contributed by atoms with van der Waals surface area (Å²) in [7, 11) is 0. The summed E-state index contributed by atoms with van der Waals surface area (Å²) in [6, 6.07) is 9.79. The topological polar surface area (TPSA) is 73.4 Å². The van der Waals surface area contributed by atoms with E-state index in [1.54, 1.807) is 6.07 Å². The number of thioether (sulfide) groups is 1. The second kappa shape index (κ2) is 5.73. The van der Waals surface area contributed by atoms with Crippen molar-refractivity contribution in [3.63, 3.8) is 0 Å². The van der Waals surface area contributed by atoms with E-state index >= 15 is 0 Å². The van der Waals surface area contributed by atoms with Gasteiger partial charge in [-0.2, -0.15) is 5.10 Å². The fraction of sp³-hybridized carbons (Fsp3) is 0.312. The summed E-state index contributed by atoms with van der Waals surface area (Å²) in [5, 5.41) is 10.8. The maximum atomic E-state index is 12.2. The lowest BCUT2D eigenvalue weighted by Crippen LogP contribution is -2.21. The molecular weight excluding hydrogens is 310 g/mol. The summed E-state index contributed by atoms with van der Waals surface area (Å²) in [4.78, 5) is 19.3. The lowest BCUT2D eigenvalue weighted by molar-refractivity contribution is 0.102. The number of rotatable bonds is 3. The zero-order valence-electron chi connectivity index (χ0n) is 12.7. The van der Waals surface area contributed by atoms with Gasteiger partial charge in [-0.05, 0) is 30.7 Å². The molecule has 0 saturated carbocycles. The first kappa shape index (κ1) is 14.3. The van der Waals surface area contributed by atoms with Crippen molar-refractivity contribution in [2.75, 3.05) is 24.2 Å². The summed E-state index contributed by atoms with van der Waals surface area (Å²) < 4.78 is 0. The van der Waals surface area contributed by atoms with Crippen molar-refractivity contribution < 1.29 is 4.79 Å². The number of aromatic amines is 1. The van der Waals surface area contributed by atoms with E-state index in [0.29, 0.717) is 5.69 Å². The number of carbonyl (C=O) groups is 1. The van der Waals surface area contributed by atoms with Gasteiger partial charge in [-0.15, -0.1) is 0 Å². The third kappa shape index (κ3) is 2.84. The molecule has 1 unspecified atom stereocenters. The normalized spacial score (nSPS) is 19.6. The molecule has 0 bridgehead atoms. The van der Waals surface area contributed by atoms with Crippen molar-refractivity contribution in [3.05, 3.63) is 47.3 Å². The van der Waals surface area contributed by atoms with Crippen LogP contribution in [0, 0.1) is 6.92 Å². The van der Waals surface area contributed by atoms with E-state index in [2.05, 4.69) is 26.5 Å². The number of hydrogen-bond donors (Lipinski definition) is 2. The van der Waals surface area contributed by atoms with Crippen molar-refractivity contribution in [1.29, 1.82) is 0 Å². The van der Waals surface area contributed by atoms with Gasteiger partial charge in [-0.3, -0.25) is 14.9 Å². The maximum absolute atomic E-state index is 12.2. The minimum atomic E-state index is -0.208. The van der Waals surface area contributed by atoms with Gasteiger partial charge in [-0.25, -0.2) is 0 Å². The van der Waals surface area contributed by atoms with Gasteiger partial charge >= 0.3 is 0 Å². The molecule has 2 aliphatic rings. The molecule has 4 rings (SSSR count). The van der Waals surface area contributed by atoms with Crippen molar-refractivity contribution in [2.45, 2.75) is 13.0 Å². The zero-order chi connectivity index (χ0) is 15.8. The van der Waals surface area contributed by atoms with Crippen LogP contribution in [-0.4, -0.2) is 45.0 Å². The number of nitrogens with zero attached hydrogens (tertiary/aromatic N) is 3. The van der Waals surface area contributed by atoms with Crippen LogP contribution in [0.15, 0.2) is 35.3 Å². The van der Waals surface area contributed by atoms with Crippen molar-refractivity contribution >= 4 is 28.5 Å². The Bertz CT molecular complexity index is 784. The highest BCUT2D eigenvalue weighted by molar-refractivity contribution is 8.14. The molecule has 6 nitrogen and oxygen atoms in total. The molecule has 3 heterocycles. The number of amides is 1. The van der Waals surface area contributed by atoms with Crippen LogP contribution in [0.1, 0.15) is 27.8 Å². The highest BCUT2D eigenvalue weighted by Crippen LogP contribution is 2.33. The highest BCUT2D eigenvalue weighted by Gasteiger charge is 2.30. The average Bonchev–Trinajstić information content (AvgIpc) is 3.22. The molecule has 2 aromatic rings. The number of aliphatic imine (C=N–C) groups is 1. The van der Waals surface area contributed by atoms with E-state index in [4.69, 9.17) is 4.99 Å². The van der Waals surface area contributed by atoms with Crippen LogP contribution in [0.3, 0.4) is 0 Å². The van der Waals surface area contributed by atoms with Crippen molar-refractivity contribution in [2.24, 2.45) is 4.99 Å². The van der Waals surface area contributed by atoms with Gasteiger partial charge in [0.25, 0.3) is 5.91 Å². The molecule has 7 heteroatoms. The standard InChI is InChI=1S/C16H17N5OS/c1-10-7-13(20-19-10)15(22)17-12-4-2-3-11(8-12)14-9-21-5-6-23-16(21)18-14/h2-4,7-8,14H,5-6,9H2,1H3,(H,17,22)(H,19,20). The van der Waals surface area contributed by atoms with Crippen LogP contribution in [0.4, 0.5) is 5.69 Å². The van der Waals surface area contributed by atoms with Gasteiger partial charge < -0.3 is 10.2 Å². The number of hydrogen-bond acceptors (Lipinski definition) is 5. The molecule has 2 N–H and O–H groups in total. The Kier molecular flexibility index (Phi) is 3.57. The summed E-state index contributed by atoms with van der Waals surface area (Å²) in [6.07, 6.45) is 0. The van der Waals surface area contributed by atoms with E-state index in [0.717, 1.165) is 41.0 Å². The summed E-state index contributed by atoms with van der Waals surface area (Å²) in [5.74, 6) is 0.922. The molecule has 0 radical (unpaired) electrons. The first-order valence-corrected chi connectivity index (χ1v) is 8.56. The molecule has 2 aliphatic heterocycles. The van der Waals surface area contributed by atoms with Crippen molar-refractivity contribution in [3.8, 4) is 0 Å². The van der Waals surface area contributed by atoms with Gasteiger partial charge in [0.1, 0.15) is 0 Å². The fourth-order valence-corrected chi connectivity index (χ4v) is 3.88. The lowest BCUT2D eigenvalue weighted by atomic mass is 10.1. The molecule has 0 spiro atoms. The Morgan fingerprint density at radius 2 is 2.35 bits per heavy atom. The second-order valence-electron chi connectivity index (χ2n) is 5.74. The zero-order valence-corrected chi connectivity index (χ0v) is 13.6. The summed E-state index contributed by atoms with van der Waals surface area (Å²) in [6.45, 7) is 3.88. The molecule has 1 aromatic heterocycles. The number of anilines is 1. The quantitative estimate of drug-likeness (QED) is 0.908. The van der Waals surface area contributed by atoms with Crippen LogP contribution in [0.5, 0.6) is 0 Å². The predicted octanol–water partition coefficient (Wildman–Crippen LogP) is 2.43. The average molecular weight is 327 g/mol.